The predicted molar refractivity (Wildman–Crippen MR) is 109 cm³/mol. The summed E-state index contributed by atoms with van der Waals surface area (Å²) in [6, 6.07) is 2.97. The summed E-state index contributed by atoms with van der Waals surface area (Å²) < 4.78 is 61.7. The molecule has 1 amide bonds. The van der Waals surface area contributed by atoms with Gasteiger partial charge in [0.05, 0.1) is 23.1 Å². The number of nitrogens with zero attached hydrogens (tertiary/aromatic N) is 3. The fourth-order valence-electron chi connectivity index (χ4n) is 3.32. The van der Waals surface area contributed by atoms with E-state index in [-0.39, 0.29) is 27.8 Å². The molecule has 2 aromatic heterocycles. The summed E-state index contributed by atoms with van der Waals surface area (Å²) in [4.78, 5) is 18.6. The largest absolute Gasteiger partial charge is 0.483 e. The highest BCUT2D eigenvalue weighted by Gasteiger charge is 2.32. The number of hydrogen-bond donors (Lipinski definition) is 2. The highest BCUT2D eigenvalue weighted by molar-refractivity contribution is 7.10. The Morgan fingerprint density at radius 2 is 2.16 bits per heavy atom. The monoisotopic (exact) mass is 461 g/mol. The molecule has 1 fully saturated rings. The maximum atomic E-state index is 14.4. The van der Waals surface area contributed by atoms with Gasteiger partial charge >= 0.3 is 6.30 Å². The third kappa shape index (κ3) is 6.26. The number of rotatable bonds is 7. The Bertz CT molecular complexity index is 890. The molecule has 1 saturated heterocycles. The summed E-state index contributed by atoms with van der Waals surface area (Å²) in [5, 5.41) is 3.43. The lowest BCUT2D eigenvalue weighted by Gasteiger charge is -2.34. The van der Waals surface area contributed by atoms with Gasteiger partial charge < -0.3 is 15.0 Å². The van der Waals surface area contributed by atoms with Crippen molar-refractivity contribution in [3.05, 3.63) is 29.6 Å². The van der Waals surface area contributed by atoms with Crippen molar-refractivity contribution in [1.82, 2.24) is 14.3 Å². The van der Waals surface area contributed by atoms with Crippen molar-refractivity contribution >= 4 is 28.1 Å². The number of amides is 1. The summed E-state index contributed by atoms with van der Waals surface area (Å²) in [6.07, 6.45) is -3.61. The molecule has 0 spiro atoms. The third-order valence-electron chi connectivity index (χ3n) is 4.72. The van der Waals surface area contributed by atoms with E-state index in [1.165, 1.54) is 30.6 Å². The molecule has 0 aliphatic carbocycles. The summed E-state index contributed by atoms with van der Waals surface area (Å²) in [7, 11) is 0. The van der Waals surface area contributed by atoms with E-state index in [4.69, 9.17) is 4.74 Å². The van der Waals surface area contributed by atoms with E-state index in [0.29, 0.717) is 24.5 Å². The smallest absolute Gasteiger partial charge is 0.471 e. The Kier molecular flexibility index (Phi) is 7.31. The highest BCUT2D eigenvalue weighted by atomic mass is 32.1. The van der Waals surface area contributed by atoms with E-state index in [1.54, 1.807) is 0 Å². The molecule has 31 heavy (non-hydrogen) atoms. The van der Waals surface area contributed by atoms with Gasteiger partial charge in [0.15, 0.2) is 0 Å². The molecule has 2 atom stereocenters. The van der Waals surface area contributed by atoms with E-state index >= 15 is 0 Å². The van der Waals surface area contributed by atoms with Crippen LogP contribution in [0, 0.1) is 6.92 Å². The molecule has 3 heterocycles. The van der Waals surface area contributed by atoms with Crippen LogP contribution in [0.3, 0.4) is 0 Å². The van der Waals surface area contributed by atoms with Crippen molar-refractivity contribution < 1.29 is 27.1 Å². The lowest BCUT2D eigenvalue weighted by molar-refractivity contribution is -0.0996. The normalized spacial score (nSPS) is 19.8. The Morgan fingerprint density at radius 3 is 2.77 bits per heavy atom. The standard InChI is InChI=1S/C19H23F4N5O2S/c1-3-7-28-8-6-14(13(20)10-28)30-15-5-4-12(9-24-15)25-17(29)16-11(2)27-31-18(16)26-19(21,22)23/h4-5,9,13-14,26H,3,6-8,10H2,1-2H3,(H,25,29). The maximum Gasteiger partial charge on any atom is 0.483 e. The van der Waals surface area contributed by atoms with E-state index in [9.17, 15) is 22.4 Å². The van der Waals surface area contributed by atoms with Crippen LogP contribution in [0.1, 0.15) is 35.8 Å². The predicted octanol–water partition coefficient (Wildman–Crippen LogP) is 4.23. The van der Waals surface area contributed by atoms with Gasteiger partial charge in [-0.3, -0.25) is 10.1 Å². The van der Waals surface area contributed by atoms with Crippen LogP contribution >= 0.6 is 11.5 Å². The van der Waals surface area contributed by atoms with Gasteiger partial charge in [0.2, 0.25) is 5.88 Å². The second kappa shape index (κ2) is 9.77. The number of ether oxygens (including phenoxy) is 1. The van der Waals surface area contributed by atoms with Gasteiger partial charge in [-0.05, 0) is 43.9 Å². The topological polar surface area (TPSA) is 79.4 Å². The minimum atomic E-state index is -4.69. The van der Waals surface area contributed by atoms with E-state index in [0.717, 1.165) is 19.5 Å². The van der Waals surface area contributed by atoms with Crippen molar-refractivity contribution in [2.45, 2.75) is 45.3 Å². The number of aromatic nitrogens is 2. The van der Waals surface area contributed by atoms with Gasteiger partial charge in [-0.25, -0.2) is 9.37 Å². The molecule has 3 rings (SSSR count). The molecular weight excluding hydrogens is 438 g/mol. The molecular formula is C19H23F4N5O2S. The van der Waals surface area contributed by atoms with Crippen LogP contribution in [0.2, 0.25) is 0 Å². The number of halogens is 4. The number of hydrogen-bond acceptors (Lipinski definition) is 7. The number of carbonyl (C=O) groups is 1. The average Bonchev–Trinajstić information content (AvgIpc) is 3.04. The molecule has 2 aromatic rings. The van der Waals surface area contributed by atoms with Crippen LogP contribution < -0.4 is 15.4 Å². The van der Waals surface area contributed by atoms with Crippen molar-refractivity contribution in [3.63, 3.8) is 0 Å². The van der Waals surface area contributed by atoms with Crippen LogP contribution in [-0.2, 0) is 0 Å². The number of piperidine rings is 1. The van der Waals surface area contributed by atoms with Crippen LogP contribution in [0.5, 0.6) is 5.88 Å². The zero-order chi connectivity index (χ0) is 22.6. The van der Waals surface area contributed by atoms with Crippen LogP contribution in [-0.4, -0.2) is 58.4 Å². The number of pyridine rings is 1. The summed E-state index contributed by atoms with van der Waals surface area (Å²) in [5.74, 6) is -0.539. The van der Waals surface area contributed by atoms with Crippen molar-refractivity contribution in [2.75, 3.05) is 30.3 Å². The van der Waals surface area contributed by atoms with Crippen LogP contribution in [0.15, 0.2) is 18.3 Å². The number of likely N-dealkylation sites (tertiary alicyclic amines) is 1. The second-order valence-electron chi connectivity index (χ2n) is 7.20. The summed E-state index contributed by atoms with van der Waals surface area (Å²) in [6.45, 7) is 5.40. The Labute approximate surface area is 181 Å². The van der Waals surface area contributed by atoms with E-state index in [1.807, 2.05) is 6.92 Å². The van der Waals surface area contributed by atoms with Crippen molar-refractivity contribution in [2.24, 2.45) is 0 Å². The molecule has 7 nitrogen and oxygen atoms in total. The Morgan fingerprint density at radius 1 is 1.39 bits per heavy atom. The van der Waals surface area contributed by atoms with Crippen molar-refractivity contribution in [1.29, 1.82) is 0 Å². The first-order chi connectivity index (χ1) is 14.7. The Hall–Kier alpha value is -2.47. The molecule has 1 aliphatic rings. The molecule has 0 bridgehead atoms. The molecule has 0 radical (unpaired) electrons. The SMILES string of the molecule is CCCN1CCC(Oc2ccc(NC(=O)c3c(C)nsc3NC(F)(F)F)cn2)C(F)C1. The lowest BCUT2D eigenvalue weighted by atomic mass is 10.1. The first-order valence-electron chi connectivity index (χ1n) is 9.78. The first-order valence-corrected chi connectivity index (χ1v) is 10.5. The quantitative estimate of drug-likeness (QED) is 0.475. The molecule has 2 N–H and O–H groups in total. The van der Waals surface area contributed by atoms with E-state index in [2.05, 4.69) is 19.6 Å². The number of aryl methyl sites for hydroxylation is 1. The zero-order valence-corrected chi connectivity index (χ0v) is 17.8. The van der Waals surface area contributed by atoms with E-state index < -0.39 is 24.5 Å². The molecule has 0 aromatic carbocycles. The minimum Gasteiger partial charge on any atom is -0.471 e. The minimum absolute atomic E-state index is 0.172. The average molecular weight is 461 g/mol. The first kappa shape index (κ1) is 23.2. The van der Waals surface area contributed by atoms with Gasteiger partial charge in [-0.2, -0.15) is 17.5 Å². The maximum absolute atomic E-state index is 14.4. The molecule has 170 valence electrons. The van der Waals surface area contributed by atoms with Crippen molar-refractivity contribution in [3.8, 4) is 5.88 Å². The fourth-order valence-corrected chi connectivity index (χ4v) is 4.13. The molecule has 0 saturated carbocycles. The molecule has 1 aliphatic heterocycles. The van der Waals surface area contributed by atoms with Gasteiger partial charge in [-0.15, -0.1) is 0 Å². The number of nitrogens with one attached hydrogen (secondary N) is 2. The summed E-state index contributed by atoms with van der Waals surface area (Å²) >= 11 is 0.551. The highest BCUT2D eigenvalue weighted by Crippen LogP contribution is 2.30. The molecule has 2 unspecified atom stereocenters. The summed E-state index contributed by atoms with van der Waals surface area (Å²) in [5.41, 5.74) is 0.239. The fraction of sp³-hybridized carbons (Fsp3) is 0.526. The zero-order valence-electron chi connectivity index (χ0n) is 17.0. The molecule has 12 heteroatoms. The second-order valence-corrected chi connectivity index (χ2v) is 7.97. The van der Waals surface area contributed by atoms with Gasteiger partial charge in [0.25, 0.3) is 5.91 Å². The van der Waals surface area contributed by atoms with Gasteiger partial charge in [-0.1, -0.05) is 6.92 Å². The van der Waals surface area contributed by atoms with Crippen LogP contribution in [0.25, 0.3) is 0 Å². The lowest BCUT2D eigenvalue weighted by Crippen LogP contribution is -2.47. The van der Waals surface area contributed by atoms with Gasteiger partial charge in [0, 0.05) is 19.2 Å². The number of carbonyl (C=O) groups excluding carboxylic acids is 1. The Balaban J connectivity index is 1.60. The number of alkyl halides is 4. The third-order valence-corrected chi connectivity index (χ3v) is 5.57. The number of anilines is 2. The van der Waals surface area contributed by atoms with Crippen LogP contribution in [0.4, 0.5) is 28.3 Å². The van der Waals surface area contributed by atoms with Gasteiger partial charge in [0.1, 0.15) is 17.3 Å².